The van der Waals surface area contributed by atoms with E-state index in [0.717, 1.165) is 18.1 Å². The van der Waals surface area contributed by atoms with Crippen LogP contribution >= 0.6 is 12.2 Å². The molecular weight excluding hydrogens is 172 g/mol. The highest BCUT2D eigenvalue weighted by Gasteiger charge is 2.28. The molecule has 0 aromatic heterocycles. The van der Waals surface area contributed by atoms with Crippen molar-refractivity contribution in [2.75, 3.05) is 20.7 Å². The van der Waals surface area contributed by atoms with Crippen molar-refractivity contribution in [2.24, 2.45) is 0 Å². The SMILES string of the molecule is CNC(=S)N(C)C1CCOC1C. The van der Waals surface area contributed by atoms with Gasteiger partial charge in [0.05, 0.1) is 12.1 Å². The average molecular weight is 188 g/mol. The van der Waals surface area contributed by atoms with Gasteiger partial charge in [-0.25, -0.2) is 0 Å². The second kappa shape index (κ2) is 4.05. The van der Waals surface area contributed by atoms with Gasteiger partial charge < -0.3 is 15.0 Å². The number of nitrogens with one attached hydrogen (secondary N) is 1. The van der Waals surface area contributed by atoms with Crippen LogP contribution in [0.1, 0.15) is 13.3 Å². The van der Waals surface area contributed by atoms with Gasteiger partial charge in [0.15, 0.2) is 5.11 Å². The molecule has 0 saturated carbocycles. The summed E-state index contributed by atoms with van der Waals surface area (Å²) in [5, 5.41) is 3.75. The Balaban J connectivity index is 2.51. The lowest BCUT2D eigenvalue weighted by atomic mass is 10.1. The van der Waals surface area contributed by atoms with Crippen LogP contribution in [0.15, 0.2) is 0 Å². The van der Waals surface area contributed by atoms with E-state index in [-0.39, 0.29) is 0 Å². The zero-order valence-electron chi connectivity index (χ0n) is 7.83. The lowest BCUT2D eigenvalue weighted by Gasteiger charge is -2.28. The summed E-state index contributed by atoms with van der Waals surface area (Å²) < 4.78 is 5.45. The van der Waals surface area contributed by atoms with Crippen molar-refractivity contribution in [2.45, 2.75) is 25.5 Å². The number of rotatable bonds is 1. The van der Waals surface area contributed by atoms with E-state index >= 15 is 0 Å². The van der Waals surface area contributed by atoms with Gasteiger partial charge in [-0.1, -0.05) is 0 Å². The summed E-state index contributed by atoms with van der Waals surface area (Å²) in [4.78, 5) is 2.08. The molecule has 1 saturated heterocycles. The summed E-state index contributed by atoms with van der Waals surface area (Å²) in [5.74, 6) is 0. The molecule has 1 heterocycles. The number of nitrogens with zero attached hydrogens (tertiary/aromatic N) is 1. The molecule has 1 N–H and O–H groups in total. The highest BCUT2D eigenvalue weighted by Crippen LogP contribution is 2.17. The third-order valence-electron chi connectivity index (χ3n) is 2.37. The van der Waals surface area contributed by atoms with E-state index in [4.69, 9.17) is 17.0 Å². The van der Waals surface area contributed by atoms with Crippen molar-refractivity contribution in [1.29, 1.82) is 0 Å². The quantitative estimate of drug-likeness (QED) is 0.609. The zero-order chi connectivity index (χ0) is 9.14. The first-order valence-electron chi connectivity index (χ1n) is 4.23. The first kappa shape index (κ1) is 9.74. The van der Waals surface area contributed by atoms with Crippen LogP contribution in [0.3, 0.4) is 0 Å². The third-order valence-corrected chi connectivity index (χ3v) is 2.86. The van der Waals surface area contributed by atoms with Crippen LogP contribution in [-0.4, -0.2) is 42.9 Å². The molecule has 70 valence electrons. The number of hydrogen-bond donors (Lipinski definition) is 1. The van der Waals surface area contributed by atoms with Gasteiger partial charge >= 0.3 is 0 Å². The van der Waals surface area contributed by atoms with E-state index in [1.807, 2.05) is 14.1 Å². The fraction of sp³-hybridized carbons (Fsp3) is 0.875. The van der Waals surface area contributed by atoms with Crippen molar-refractivity contribution in [3.63, 3.8) is 0 Å². The monoisotopic (exact) mass is 188 g/mol. The summed E-state index contributed by atoms with van der Waals surface area (Å²) in [6.07, 6.45) is 1.36. The molecule has 1 aliphatic rings. The lowest BCUT2D eigenvalue weighted by molar-refractivity contribution is 0.0998. The molecule has 0 bridgehead atoms. The smallest absolute Gasteiger partial charge is 0.168 e. The fourth-order valence-corrected chi connectivity index (χ4v) is 1.69. The topological polar surface area (TPSA) is 24.5 Å². The molecule has 12 heavy (non-hydrogen) atoms. The molecule has 2 atom stereocenters. The minimum absolute atomic E-state index is 0.293. The second-order valence-corrected chi connectivity index (χ2v) is 3.48. The summed E-state index contributed by atoms with van der Waals surface area (Å²) in [7, 11) is 3.86. The van der Waals surface area contributed by atoms with Gasteiger partial charge in [-0.3, -0.25) is 0 Å². The van der Waals surface area contributed by atoms with Crippen molar-refractivity contribution < 1.29 is 4.74 Å². The van der Waals surface area contributed by atoms with Gasteiger partial charge in [-0.2, -0.15) is 0 Å². The molecule has 0 aromatic carbocycles. The van der Waals surface area contributed by atoms with Gasteiger partial charge in [0.25, 0.3) is 0 Å². The predicted molar refractivity (Wildman–Crippen MR) is 53.2 cm³/mol. The number of likely N-dealkylation sites (N-methyl/N-ethyl adjacent to an activating group) is 1. The molecule has 0 aromatic rings. The minimum Gasteiger partial charge on any atom is -0.376 e. The molecule has 0 amide bonds. The maximum Gasteiger partial charge on any atom is 0.168 e. The number of hydrogen-bond acceptors (Lipinski definition) is 2. The third kappa shape index (κ3) is 1.87. The Morgan fingerprint density at radius 3 is 2.75 bits per heavy atom. The Hall–Kier alpha value is -0.350. The van der Waals surface area contributed by atoms with Crippen LogP contribution in [-0.2, 0) is 4.74 Å². The Morgan fingerprint density at radius 2 is 2.33 bits per heavy atom. The van der Waals surface area contributed by atoms with E-state index in [0.29, 0.717) is 12.1 Å². The molecule has 2 unspecified atom stereocenters. The van der Waals surface area contributed by atoms with Gasteiger partial charge in [-0.05, 0) is 25.6 Å². The van der Waals surface area contributed by atoms with E-state index in [9.17, 15) is 0 Å². The maximum absolute atomic E-state index is 5.45. The Labute approximate surface area is 79.1 Å². The fourth-order valence-electron chi connectivity index (χ4n) is 1.56. The van der Waals surface area contributed by atoms with Crippen LogP contribution in [0.5, 0.6) is 0 Å². The number of thiocarbonyl (C=S) groups is 1. The Bertz CT molecular complexity index is 174. The first-order valence-corrected chi connectivity index (χ1v) is 4.63. The molecule has 0 radical (unpaired) electrons. The van der Waals surface area contributed by atoms with E-state index in [2.05, 4.69) is 17.1 Å². The van der Waals surface area contributed by atoms with Gasteiger partial charge in [0, 0.05) is 20.7 Å². The van der Waals surface area contributed by atoms with Crippen molar-refractivity contribution in [1.82, 2.24) is 10.2 Å². The van der Waals surface area contributed by atoms with Crippen LogP contribution < -0.4 is 5.32 Å². The maximum atomic E-state index is 5.45. The van der Waals surface area contributed by atoms with Gasteiger partial charge in [0.1, 0.15) is 0 Å². The highest BCUT2D eigenvalue weighted by molar-refractivity contribution is 7.80. The molecule has 0 spiro atoms. The average Bonchev–Trinajstić information content (AvgIpc) is 2.48. The van der Waals surface area contributed by atoms with Gasteiger partial charge in [0.2, 0.25) is 0 Å². The summed E-state index contributed by atoms with van der Waals surface area (Å²) >= 11 is 5.13. The standard InChI is InChI=1S/C8H16N2OS/c1-6-7(4-5-11-6)10(3)8(12)9-2/h6-7H,4-5H2,1-3H3,(H,9,12). The molecule has 3 nitrogen and oxygen atoms in total. The van der Waals surface area contributed by atoms with Crippen LogP contribution in [0.25, 0.3) is 0 Å². The number of ether oxygens (including phenoxy) is 1. The molecule has 4 heteroatoms. The zero-order valence-corrected chi connectivity index (χ0v) is 8.65. The summed E-state index contributed by atoms with van der Waals surface area (Å²) in [6, 6.07) is 0.435. The lowest BCUT2D eigenvalue weighted by Crippen LogP contribution is -2.44. The first-order chi connectivity index (χ1) is 5.66. The molecule has 1 fully saturated rings. The predicted octanol–water partition coefficient (Wildman–Crippen LogP) is 0.600. The summed E-state index contributed by atoms with van der Waals surface area (Å²) in [6.45, 7) is 2.94. The van der Waals surface area contributed by atoms with Crippen LogP contribution in [0.4, 0.5) is 0 Å². The molecule has 0 aliphatic carbocycles. The molecule has 1 rings (SSSR count). The van der Waals surface area contributed by atoms with E-state index in [1.165, 1.54) is 0 Å². The van der Waals surface area contributed by atoms with Crippen LogP contribution in [0, 0.1) is 0 Å². The van der Waals surface area contributed by atoms with E-state index in [1.54, 1.807) is 0 Å². The Kier molecular flexibility index (Phi) is 3.29. The van der Waals surface area contributed by atoms with Crippen LogP contribution in [0.2, 0.25) is 0 Å². The van der Waals surface area contributed by atoms with Crippen molar-refractivity contribution >= 4 is 17.3 Å². The summed E-state index contributed by atoms with van der Waals surface area (Å²) in [5.41, 5.74) is 0. The highest BCUT2D eigenvalue weighted by atomic mass is 32.1. The van der Waals surface area contributed by atoms with Crippen molar-refractivity contribution in [3.05, 3.63) is 0 Å². The Morgan fingerprint density at radius 1 is 1.67 bits per heavy atom. The molecule has 1 aliphatic heterocycles. The largest absolute Gasteiger partial charge is 0.376 e. The molecular formula is C8H16N2OS. The normalized spacial score (nSPS) is 28.6. The minimum atomic E-state index is 0.293. The van der Waals surface area contributed by atoms with Crippen molar-refractivity contribution in [3.8, 4) is 0 Å². The second-order valence-electron chi connectivity index (χ2n) is 3.10. The van der Waals surface area contributed by atoms with E-state index < -0.39 is 0 Å². The van der Waals surface area contributed by atoms with Gasteiger partial charge in [-0.15, -0.1) is 0 Å².